The maximum absolute atomic E-state index is 5.70. The molecule has 0 aliphatic heterocycles. The van der Waals surface area contributed by atoms with E-state index < -0.39 is 0 Å². The summed E-state index contributed by atoms with van der Waals surface area (Å²) in [5.41, 5.74) is 13.5. The van der Waals surface area contributed by atoms with Crippen LogP contribution in [0.2, 0.25) is 0 Å². The molecule has 0 saturated carbocycles. The Hall–Kier alpha value is -1.46. The van der Waals surface area contributed by atoms with Crippen molar-refractivity contribution < 1.29 is 9.47 Å². The summed E-state index contributed by atoms with van der Waals surface area (Å²) in [6, 6.07) is 5.55. The highest BCUT2D eigenvalue weighted by molar-refractivity contribution is 5.69. The lowest BCUT2D eigenvalue weighted by molar-refractivity contribution is 0.0705. The first-order valence-electron chi connectivity index (χ1n) is 5.69. The highest BCUT2D eigenvalue weighted by Crippen LogP contribution is 2.19. The van der Waals surface area contributed by atoms with Gasteiger partial charge in [0.2, 0.25) is 0 Å². The van der Waals surface area contributed by atoms with Crippen LogP contribution >= 0.6 is 0 Å². The summed E-state index contributed by atoms with van der Waals surface area (Å²) in [7, 11) is 1.66. The Morgan fingerprint density at radius 1 is 1.12 bits per heavy atom. The third kappa shape index (κ3) is 5.42. The maximum atomic E-state index is 5.70. The van der Waals surface area contributed by atoms with Gasteiger partial charge >= 0.3 is 0 Å². The molecule has 17 heavy (non-hydrogen) atoms. The number of nitrogens with two attached hydrogens (primary N) is 2. The van der Waals surface area contributed by atoms with Gasteiger partial charge in [-0.25, -0.2) is 0 Å². The zero-order valence-electron chi connectivity index (χ0n) is 10.2. The maximum Gasteiger partial charge on any atom is 0.0700 e. The molecule has 0 aromatic heterocycles. The molecule has 0 bridgehead atoms. The summed E-state index contributed by atoms with van der Waals surface area (Å²) in [5, 5.41) is 3.26. The molecule has 0 amide bonds. The van der Waals surface area contributed by atoms with E-state index in [1.54, 1.807) is 13.2 Å². The SMILES string of the molecule is COCCOCCCNc1ccc(N)c(N)c1. The van der Waals surface area contributed by atoms with E-state index in [2.05, 4.69) is 5.32 Å². The minimum Gasteiger partial charge on any atom is -0.397 e. The van der Waals surface area contributed by atoms with Gasteiger partial charge in [0, 0.05) is 25.9 Å². The number of benzene rings is 1. The van der Waals surface area contributed by atoms with Crippen LogP contribution in [0.3, 0.4) is 0 Å². The molecule has 5 nitrogen and oxygen atoms in total. The predicted molar refractivity (Wildman–Crippen MR) is 71.1 cm³/mol. The molecule has 0 fully saturated rings. The normalized spacial score (nSPS) is 10.4. The number of methoxy groups -OCH3 is 1. The molecule has 5 N–H and O–H groups in total. The summed E-state index contributed by atoms with van der Waals surface area (Å²) in [4.78, 5) is 0. The molecule has 0 spiro atoms. The Labute approximate surface area is 102 Å². The fraction of sp³-hybridized carbons (Fsp3) is 0.500. The second-order valence-corrected chi connectivity index (χ2v) is 3.73. The summed E-state index contributed by atoms with van der Waals surface area (Å²) in [6.45, 7) is 2.85. The molecule has 0 aliphatic rings. The van der Waals surface area contributed by atoms with Gasteiger partial charge in [0.05, 0.1) is 24.6 Å². The van der Waals surface area contributed by atoms with Crippen molar-refractivity contribution in [3.05, 3.63) is 18.2 Å². The van der Waals surface area contributed by atoms with Crippen molar-refractivity contribution in [1.29, 1.82) is 0 Å². The molecule has 0 heterocycles. The van der Waals surface area contributed by atoms with Gasteiger partial charge in [-0.05, 0) is 24.6 Å². The minimum absolute atomic E-state index is 0.603. The van der Waals surface area contributed by atoms with Gasteiger partial charge in [-0.1, -0.05) is 0 Å². The zero-order valence-corrected chi connectivity index (χ0v) is 10.2. The van der Waals surface area contributed by atoms with Gasteiger partial charge in [0.25, 0.3) is 0 Å². The fourth-order valence-corrected chi connectivity index (χ4v) is 1.34. The molecule has 1 aromatic carbocycles. The molecule has 5 heteroatoms. The van der Waals surface area contributed by atoms with E-state index in [4.69, 9.17) is 20.9 Å². The standard InChI is InChI=1S/C12H21N3O2/c1-16-7-8-17-6-2-5-15-10-3-4-11(13)12(14)9-10/h3-4,9,15H,2,5-8,13-14H2,1H3. The molecule has 96 valence electrons. The first-order valence-corrected chi connectivity index (χ1v) is 5.69. The lowest BCUT2D eigenvalue weighted by Crippen LogP contribution is -2.08. The van der Waals surface area contributed by atoms with E-state index in [0.717, 1.165) is 25.3 Å². The van der Waals surface area contributed by atoms with Crippen LogP contribution in [0.25, 0.3) is 0 Å². The summed E-state index contributed by atoms with van der Waals surface area (Å²) in [5.74, 6) is 0. The van der Waals surface area contributed by atoms with Crippen molar-refractivity contribution in [3.8, 4) is 0 Å². The van der Waals surface area contributed by atoms with Gasteiger partial charge in [0.1, 0.15) is 0 Å². The van der Waals surface area contributed by atoms with Gasteiger partial charge in [-0.3, -0.25) is 0 Å². The second-order valence-electron chi connectivity index (χ2n) is 3.73. The molecular weight excluding hydrogens is 218 g/mol. The Morgan fingerprint density at radius 3 is 2.65 bits per heavy atom. The van der Waals surface area contributed by atoms with Crippen LogP contribution in [-0.2, 0) is 9.47 Å². The lowest BCUT2D eigenvalue weighted by atomic mass is 10.2. The van der Waals surface area contributed by atoms with Crippen LogP contribution in [-0.4, -0.2) is 33.5 Å². The highest BCUT2D eigenvalue weighted by Gasteiger charge is 1.96. The van der Waals surface area contributed by atoms with E-state index in [0.29, 0.717) is 24.6 Å². The van der Waals surface area contributed by atoms with E-state index in [1.165, 1.54) is 0 Å². The van der Waals surface area contributed by atoms with Crippen molar-refractivity contribution in [2.24, 2.45) is 0 Å². The second kappa shape index (κ2) is 7.76. The first kappa shape index (κ1) is 13.6. The van der Waals surface area contributed by atoms with E-state index in [-0.39, 0.29) is 0 Å². The van der Waals surface area contributed by atoms with Crippen molar-refractivity contribution >= 4 is 17.1 Å². The third-order valence-electron chi connectivity index (χ3n) is 2.31. The molecule has 0 atom stereocenters. The van der Waals surface area contributed by atoms with Crippen molar-refractivity contribution in [2.75, 3.05) is 50.3 Å². The van der Waals surface area contributed by atoms with Crippen LogP contribution < -0.4 is 16.8 Å². The first-order chi connectivity index (χ1) is 8.24. The molecule has 0 radical (unpaired) electrons. The van der Waals surface area contributed by atoms with Gasteiger partial charge in [-0.2, -0.15) is 0 Å². The highest BCUT2D eigenvalue weighted by atomic mass is 16.5. The van der Waals surface area contributed by atoms with Crippen LogP contribution in [0, 0.1) is 0 Å². The summed E-state index contributed by atoms with van der Waals surface area (Å²) >= 11 is 0. The molecule has 0 aliphatic carbocycles. The Bertz CT molecular complexity index is 332. The van der Waals surface area contributed by atoms with Gasteiger partial charge in [-0.15, -0.1) is 0 Å². The van der Waals surface area contributed by atoms with E-state index >= 15 is 0 Å². The Morgan fingerprint density at radius 2 is 1.94 bits per heavy atom. The van der Waals surface area contributed by atoms with Crippen LogP contribution in [0.5, 0.6) is 0 Å². The number of ether oxygens (including phenoxy) is 2. The number of hydrogen-bond acceptors (Lipinski definition) is 5. The van der Waals surface area contributed by atoms with Crippen LogP contribution in [0.4, 0.5) is 17.1 Å². The topological polar surface area (TPSA) is 82.5 Å². The largest absolute Gasteiger partial charge is 0.397 e. The minimum atomic E-state index is 0.603. The molecule has 0 saturated heterocycles. The van der Waals surface area contributed by atoms with Crippen molar-refractivity contribution in [3.63, 3.8) is 0 Å². The third-order valence-corrected chi connectivity index (χ3v) is 2.31. The molecule has 0 unspecified atom stereocenters. The van der Waals surface area contributed by atoms with Gasteiger partial charge < -0.3 is 26.3 Å². The average Bonchev–Trinajstić information content (AvgIpc) is 2.32. The number of anilines is 3. The Balaban J connectivity index is 2.11. The van der Waals surface area contributed by atoms with Crippen molar-refractivity contribution in [1.82, 2.24) is 0 Å². The monoisotopic (exact) mass is 239 g/mol. The zero-order chi connectivity index (χ0) is 12.5. The van der Waals surface area contributed by atoms with Crippen molar-refractivity contribution in [2.45, 2.75) is 6.42 Å². The predicted octanol–water partition coefficient (Wildman–Crippen LogP) is 1.32. The lowest BCUT2D eigenvalue weighted by Gasteiger charge is -2.08. The van der Waals surface area contributed by atoms with Crippen LogP contribution in [0.1, 0.15) is 6.42 Å². The molecule has 1 rings (SSSR count). The summed E-state index contributed by atoms with van der Waals surface area (Å²) in [6.07, 6.45) is 0.938. The fourth-order valence-electron chi connectivity index (χ4n) is 1.34. The number of nitrogens with one attached hydrogen (secondary N) is 1. The molecular formula is C12H21N3O2. The smallest absolute Gasteiger partial charge is 0.0700 e. The number of nitrogen functional groups attached to an aromatic ring is 2. The van der Waals surface area contributed by atoms with E-state index in [1.807, 2.05) is 12.1 Å². The average molecular weight is 239 g/mol. The van der Waals surface area contributed by atoms with Crippen LogP contribution in [0.15, 0.2) is 18.2 Å². The summed E-state index contributed by atoms with van der Waals surface area (Å²) < 4.78 is 10.2. The number of hydrogen-bond donors (Lipinski definition) is 3. The van der Waals surface area contributed by atoms with Gasteiger partial charge in [0.15, 0.2) is 0 Å². The number of rotatable bonds is 8. The Kier molecular flexibility index (Phi) is 6.21. The van der Waals surface area contributed by atoms with E-state index in [9.17, 15) is 0 Å². The molecule has 1 aromatic rings. The quantitative estimate of drug-likeness (QED) is 0.471.